The number of nitrogens with zero attached hydrogens (tertiary/aromatic N) is 3. The fourth-order valence-corrected chi connectivity index (χ4v) is 4.28. The fraction of sp³-hybridized carbons (Fsp3) is 0.429. The van der Waals surface area contributed by atoms with Gasteiger partial charge in [-0.05, 0) is 49.3 Å². The van der Waals surface area contributed by atoms with Crippen LogP contribution in [0.1, 0.15) is 19.3 Å². The van der Waals surface area contributed by atoms with E-state index < -0.39 is 10.0 Å². The van der Waals surface area contributed by atoms with Gasteiger partial charge >= 0.3 is 0 Å². The summed E-state index contributed by atoms with van der Waals surface area (Å²) < 4.78 is 29.0. The van der Waals surface area contributed by atoms with Crippen LogP contribution >= 0.6 is 12.2 Å². The average molecular weight is 338 g/mol. The summed E-state index contributed by atoms with van der Waals surface area (Å²) in [6.07, 6.45) is 2.97. The molecule has 1 fully saturated rings. The molecule has 8 heteroatoms. The van der Waals surface area contributed by atoms with Crippen molar-refractivity contribution in [3.05, 3.63) is 29.0 Å². The molecule has 1 aromatic carbocycles. The zero-order chi connectivity index (χ0) is 15.7. The molecule has 6 nitrogen and oxygen atoms in total. The minimum absolute atomic E-state index is 0.329. The van der Waals surface area contributed by atoms with Crippen molar-refractivity contribution in [1.82, 2.24) is 19.1 Å². The number of nitrogens with one attached hydrogen (secondary N) is 1. The lowest BCUT2D eigenvalue weighted by Gasteiger charge is -2.25. The Morgan fingerprint density at radius 1 is 1.14 bits per heavy atom. The van der Waals surface area contributed by atoms with Crippen LogP contribution in [0.25, 0.3) is 11.4 Å². The van der Waals surface area contributed by atoms with Gasteiger partial charge in [0, 0.05) is 25.7 Å². The van der Waals surface area contributed by atoms with Gasteiger partial charge < -0.3 is 4.57 Å². The predicted molar refractivity (Wildman–Crippen MR) is 86.4 cm³/mol. The van der Waals surface area contributed by atoms with Gasteiger partial charge in [-0.1, -0.05) is 6.42 Å². The van der Waals surface area contributed by atoms with Gasteiger partial charge in [0.1, 0.15) is 0 Å². The van der Waals surface area contributed by atoms with Gasteiger partial charge in [-0.2, -0.15) is 9.40 Å². The quantitative estimate of drug-likeness (QED) is 0.872. The highest BCUT2D eigenvalue weighted by Gasteiger charge is 2.25. The predicted octanol–water partition coefficient (Wildman–Crippen LogP) is 2.32. The van der Waals surface area contributed by atoms with E-state index in [0.717, 1.165) is 24.8 Å². The lowest BCUT2D eigenvalue weighted by Crippen LogP contribution is -2.35. The van der Waals surface area contributed by atoms with Crippen LogP contribution in [0.2, 0.25) is 0 Å². The smallest absolute Gasteiger partial charge is 0.243 e. The molecule has 0 saturated carbocycles. The van der Waals surface area contributed by atoms with Crippen molar-refractivity contribution < 1.29 is 8.42 Å². The van der Waals surface area contributed by atoms with Crippen LogP contribution < -0.4 is 0 Å². The lowest BCUT2D eigenvalue weighted by atomic mass is 10.2. The summed E-state index contributed by atoms with van der Waals surface area (Å²) in [7, 11) is -1.57. The van der Waals surface area contributed by atoms with E-state index in [1.807, 2.05) is 7.05 Å². The second-order valence-electron chi connectivity index (χ2n) is 5.40. The third kappa shape index (κ3) is 2.73. The van der Waals surface area contributed by atoms with E-state index in [9.17, 15) is 8.42 Å². The van der Waals surface area contributed by atoms with Gasteiger partial charge in [-0.3, -0.25) is 5.10 Å². The van der Waals surface area contributed by atoms with Crippen LogP contribution in [0, 0.1) is 4.77 Å². The van der Waals surface area contributed by atoms with Crippen molar-refractivity contribution in [3.63, 3.8) is 0 Å². The molecule has 2 aromatic rings. The van der Waals surface area contributed by atoms with Crippen LogP contribution in [0.3, 0.4) is 0 Å². The second-order valence-corrected chi connectivity index (χ2v) is 7.73. The Hall–Kier alpha value is -1.51. The fourth-order valence-electron chi connectivity index (χ4n) is 2.64. The van der Waals surface area contributed by atoms with E-state index in [1.54, 1.807) is 33.1 Å². The summed E-state index contributed by atoms with van der Waals surface area (Å²) in [5.74, 6) is 0.687. The standard InChI is InChI=1S/C14H18N4O2S2/c1-17-13(15-16-14(17)21)11-5-7-12(8-6-11)22(19,20)18-9-3-2-4-10-18/h5-8H,2-4,9-10H2,1H3,(H,16,21). The first-order valence-corrected chi connectivity index (χ1v) is 9.07. The summed E-state index contributed by atoms with van der Waals surface area (Å²) in [5.41, 5.74) is 0.826. The topological polar surface area (TPSA) is 71.0 Å². The molecule has 1 aliphatic heterocycles. The van der Waals surface area contributed by atoms with Crippen molar-refractivity contribution in [2.24, 2.45) is 7.05 Å². The van der Waals surface area contributed by atoms with Crippen molar-refractivity contribution in [3.8, 4) is 11.4 Å². The third-order valence-electron chi connectivity index (χ3n) is 3.95. The van der Waals surface area contributed by atoms with E-state index >= 15 is 0 Å². The Balaban J connectivity index is 1.91. The Kier molecular flexibility index (Phi) is 4.16. The molecule has 22 heavy (non-hydrogen) atoms. The van der Waals surface area contributed by atoms with Gasteiger partial charge in [-0.25, -0.2) is 8.42 Å². The number of rotatable bonds is 3. The Labute approximate surface area is 134 Å². The molecule has 1 saturated heterocycles. The van der Waals surface area contributed by atoms with E-state index in [0.29, 0.717) is 28.6 Å². The highest BCUT2D eigenvalue weighted by Crippen LogP contribution is 2.23. The number of aromatic nitrogens is 3. The first-order chi connectivity index (χ1) is 10.5. The molecule has 2 heterocycles. The summed E-state index contributed by atoms with van der Waals surface area (Å²) in [5, 5.41) is 6.87. The summed E-state index contributed by atoms with van der Waals surface area (Å²) >= 11 is 5.09. The molecule has 0 unspecified atom stereocenters. The average Bonchev–Trinajstić information content (AvgIpc) is 2.88. The monoisotopic (exact) mass is 338 g/mol. The number of aromatic amines is 1. The molecule has 118 valence electrons. The summed E-state index contributed by atoms with van der Waals surface area (Å²) in [6, 6.07) is 6.80. The molecule has 0 spiro atoms. The van der Waals surface area contributed by atoms with Crippen molar-refractivity contribution in [2.45, 2.75) is 24.2 Å². The van der Waals surface area contributed by atoms with E-state index in [1.165, 1.54) is 0 Å². The lowest BCUT2D eigenvalue weighted by molar-refractivity contribution is 0.346. The number of hydrogen-bond donors (Lipinski definition) is 1. The minimum Gasteiger partial charge on any atom is -0.303 e. The van der Waals surface area contributed by atoms with Crippen LogP contribution in [-0.4, -0.2) is 40.6 Å². The van der Waals surface area contributed by atoms with Crippen molar-refractivity contribution in [2.75, 3.05) is 13.1 Å². The van der Waals surface area contributed by atoms with Gasteiger partial charge in [0.15, 0.2) is 10.6 Å². The maximum absolute atomic E-state index is 12.6. The van der Waals surface area contributed by atoms with Crippen LogP contribution in [0.4, 0.5) is 0 Å². The maximum atomic E-state index is 12.6. The number of hydrogen-bond acceptors (Lipinski definition) is 4. The molecule has 0 atom stereocenters. The first-order valence-electron chi connectivity index (χ1n) is 7.22. The Morgan fingerprint density at radius 2 is 1.77 bits per heavy atom. The second kappa shape index (κ2) is 5.94. The van der Waals surface area contributed by atoms with E-state index in [-0.39, 0.29) is 0 Å². The first kappa shape index (κ1) is 15.4. The normalized spacial score (nSPS) is 16.8. The minimum atomic E-state index is -3.39. The molecule has 0 radical (unpaired) electrons. The SMILES string of the molecule is Cn1c(-c2ccc(S(=O)(=O)N3CCCCC3)cc2)n[nH]c1=S. The van der Waals surface area contributed by atoms with E-state index in [4.69, 9.17) is 12.2 Å². The molecule has 1 N–H and O–H groups in total. The zero-order valence-electron chi connectivity index (χ0n) is 12.3. The van der Waals surface area contributed by atoms with Gasteiger partial charge in [0.25, 0.3) is 0 Å². The number of benzene rings is 1. The van der Waals surface area contributed by atoms with Gasteiger partial charge in [0.2, 0.25) is 10.0 Å². The number of piperidine rings is 1. The highest BCUT2D eigenvalue weighted by molar-refractivity contribution is 7.89. The van der Waals surface area contributed by atoms with Gasteiger partial charge in [0.05, 0.1) is 4.90 Å². The van der Waals surface area contributed by atoms with Crippen molar-refractivity contribution in [1.29, 1.82) is 0 Å². The maximum Gasteiger partial charge on any atom is 0.243 e. The Bertz CT molecular complexity index is 815. The summed E-state index contributed by atoms with van der Waals surface area (Å²) in [4.78, 5) is 0.329. The molecule has 1 aliphatic rings. The summed E-state index contributed by atoms with van der Waals surface area (Å²) in [6.45, 7) is 1.22. The molecule has 1 aromatic heterocycles. The molecular formula is C14H18N4O2S2. The molecule has 0 aliphatic carbocycles. The molecule has 3 rings (SSSR count). The van der Waals surface area contributed by atoms with E-state index in [2.05, 4.69) is 10.2 Å². The zero-order valence-corrected chi connectivity index (χ0v) is 14.0. The Morgan fingerprint density at radius 3 is 2.32 bits per heavy atom. The molecule has 0 amide bonds. The van der Waals surface area contributed by atoms with Crippen LogP contribution in [0.5, 0.6) is 0 Å². The molecular weight excluding hydrogens is 320 g/mol. The van der Waals surface area contributed by atoms with Crippen molar-refractivity contribution >= 4 is 22.2 Å². The highest BCUT2D eigenvalue weighted by atomic mass is 32.2. The van der Waals surface area contributed by atoms with Crippen LogP contribution in [0.15, 0.2) is 29.2 Å². The number of H-pyrrole nitrogens is 1. The van der Waals surface area contributed by atoms with Crippen LogP contribution in [-0.2, 0) is 17.1 Å². The molecule has 0 bridgehead atoms. The third-order valence-corrected chi connectivity index (χ3v) is 6.22. The largest absolute Gasteiger partial charge is 0.303 e. The van der Waals surface area contributed by atoms with Gasteiger partial charge in [-0.15, -0.1) is 0 Å². The number of sulfonamides is 1.